The first kappa shape index (κ1) is 18.9. The molecule has 0 saturated heterocycles. The minimum atomic E-state index is -1.42. The van der Waals surface area contributed by atoms with E-state index < -0.39 is 10.8 Å². The number of methoxy groups -OCH3 is 2. The van der Waals surface area contributed by atoms with E-state index in [1.54, 1.807) is 31.0 Å². The zero-order chi connectivity index (χ0) is 19.6. The summed E-state index contributed by atoms with van der Waals surface area (Å²) in [7, 11) is 1.80. The van der Waals surface area contributed by atoms with Gasteiger partial charge in [0.1, 0.15) is 11.5 Å². The minimum Gasteiger partial charge on any atom is -0.497 e. The van der Waals surface area contributed by atoms with Gasteiger partial charge in [-0.1, -0.05) is 5.92 Å². The van der Waals surface area contributed by atoms with Gasteiger partial charge in [-0.3, -0.25) is 9.19 Å². The van der Waals surface area contributed by atoms with Crippen LogP contribution < -0.4 is 9.47 Å². The average molecular weight is 383 g/mol. The molecule has 1 aromatic carbocycles. The second kappa shape index (κ2) is 7.80. The molecule has 0 aliphatic heterocycles. The number of imidazole rings is 1. The Labute approximate surface area is 161 Å². The van der Waals surface area contributed by atoms with Crippen molar-refractivity contribution in [1.82, 2.24) is 14.5 Å². The number of fused-ring (bicyclic) bond motifs is 1. The lowest BCUT2D eigenvalue weighted by molar-refractivity contribution is 0.407. The van der Waals surface area contributed by atoms with E-state index in [1.807, 2.05) is 26.0 Å². The van der Waals surface area contributed by atoms with Gasteiger partial charge in [-0.2, -0.15) is 0 Å². The van der Waals surface area contributed by atoms with Gasteiger partial charge < -0.3 is 14.0 Å². The molecule has 0 bridgehead atoms. The fourth-order valence-electron chi connectivity index (χ4n) is 3.04. The molecule has 0 saturated carbocycles. The number of aryl methyl sites for hydroxylation is 1. The zero-order valence-electron chi connectivity index (χ0n) is 15.8. The molecule has 1 atom stereocenters. The van der Waals surface area contributed by atoms with Gasteiger partial charge in [0, 0.05) is 23.4 Å². The highest BCUT2D eigenvalue weighted by atomic mass is 32.2. The molecule has 7 heteroatoms. The van der Waals surface area contributed by atoms with E-state index in [-0.39, 0.29) is 12.3 Å². The SMILES string of the molecule is C#CCn1c([S@@](=O)Cc2ncc(C)c(OC)c2C)nc2cc(OC)ccc21. The number of terminal acetylenes is 1. The number of nitrogens with zero attached hydrogens (tertiary/aromatic N) is 3. The summed E-state index contributed by atoms with van der Waals surface area (Å²) in [6.45, 7) is 4.13. The van der Waals surface area contributed by atoms with Crippen molar-refractivity contribution in [2.24, 2.45) is 0 Å². The molecule has 2 aromatic heterocycles. The van der Waals surface area contributed by atoms with Gasteiger partial charge in [-0.25, -0.2) is 4.98 Å². The van der Waals surface area contributed by atoms with Crippen LogP contribution in [-0.2, 0) is 23.1 Å². The lowest BCUT2D eigenvalue weighted by Crippen LogP contribution is -2.09. The lowest BCUT2D eigenvalue weighted by atomic mass is 10.1. The Bertz CT molecular complexity index is 1070. The molecule has 6 nitrogen and oxygen atoms in total. The van der Waals surface area contributed by atoms with E-state index in [2.05, 4.69) is 15.9 Å². The zero-order valence-corrected chi connectivity index (χ0v) is 16.6. The van der Waals surface area contributed by atoms with E-state index in [4.69, 9.17) is 15.9 Å². The monoisotopic (exact) mass is 383 g/mol. The van der Waals surface area contributed by atoms with Gasteiger partial charge in [0.2, 0.25) is 5.16 Å². The van der Waals surface area contributed by atoms with Crippen molar-refractivity contribution < 1.29 is 13.7 Å². The molecule has 0 amide bonds. The van der Waals surface area contributed by atoms with E-state index in [0.717, 1.165) is 22.4 Å². The van der Waals surface area contributed by atoms with E-state index in [1.165, 1.54) is 0 Å². The number of hydrogen-bond acceptors (Lipinski definition) is 5. The molecule has 140 valence electrons. The van der Waals surface area contributed by atoms with Crippen LogP contribution in [0, 0.1) is 26.2 Å². The van der Waals surface area contributed by atoms with Gasteiger partial charge in [-0.15, -0.1) is 6.42 Å². The van der Waals surface area contributed by atoms with Crippen LogP contribution in [0.4, 0.5) is 0 Å². The number of rotatable bonds is 6. The standard InChI is InChI=1S/C20H21N3O3S/c1-6-9-23-18-8-7-15(25-4)10-16(18)22-20(23)27(24)12-17-14(3)19(26-5)13(2)11-21-17/h1,7-8,10-11H,9,12H2,2-5H3/t27-/m0/s1. The number of benzene rings is 1. The molecule has 0 fully saturated rings. The molecule has 0 aliphatic carbocycles. The summed E-state index contributed by atoms with van der Waals surface area (Å²) in [6, 6.07) is 5.51. The highest BCUT2D eigenvalue weighted by molar-refractivity contribution is 7.84. The molecule has 2 heterocycles. The first-order valence-corrected chi connectivity index (χ1v) is 9.67. The summed E-state index contributed by atoms with van der Waals surface area (Å²) in [5.41, 5.74) is 4.05. The molecule has 0 N–H and O–H groups in total. The topological polar surface area (TPSA) is 66.2 Å². The Balaban J connectivity index is 2.03. The van der Waals surface area contributed by atoms with Crippen molar-refractivity contribution in [2.45, 2.75) is 31.3 Å². The van der Waals surface area contributed by atoms with E-state index in [0.29, 0.717) is 22.1 Å². The molecule has 3 aromatic rings. The maximum atomic E-state index is 13.1. The third-order valence-electron chi connectivity index (χ3n) is 4.39. The highest BCUT2D eigenvalue weighted by Crippen LogP contribution is 2.27. The molecular formula is C20H21N3O3S. The predicted octanol–water partition coefficient (Wildman–Crippen LogP) is 3.01. The van der Waals surface area contributed by atoms with Crippen molar-refractivity contribution in [1.29, 1.82) is 0 Å². The molecule has 0 radical (unpaired) electrons. The Morgan fingerprint density at radius 1 is 1.26 bits per heavy atom. The van der Waals surface area contributed by atoms with E-state index in [9.17, 15) is 4.21 Å². The predicted molar refractivity (Wildman–Crippen MR) is 105 cm³/mol. The van der Waals surface area contributed by atoms with E-state index >= 15 is 0 Å². The Morgan fingerprint density at radius 3 is 2.70 bits per heavy atom. The molecule has 27 heavy (non-hydrogen) atoms. The number of ether oxygens (including phenoxy) is 2. The smallest absolute Gasteiger partial charge is 0.201 e. The molecule has 0 aliphatic rings. The van der Waals surface area contributed by atoms with Crippen LogP contribution in [0.25, 0.3) is 11.0 Å². The first-order valence-electron chi connectivity index (χ1n) is 8.35. The van der Waals surface area contributed by atoms with Crippen LogP contribution in [-0.4, -0.2) is 33.0 Å². The number of pyridine rings is 1. The minimum absolute atomic E-state index is 0.230. The van der Waals surface area contributed by atoms with Crippen molar-refractivity contribution in [3.8, 4) is 23.8 Å². The molecule has 0 unspecified atom stereocenters. The Morgan fingerprint density at radius 2 is 2.04 bits per heavy atom. The lowest BCUT2D eigenvalue weighted by Gasteiger charge is -2.12. The quantitative estimate of drug-likeness (QED) is 0.612. The number of hydrogen-bond donors (Lipinski definition) is 0. The normalized spacial score (nSPS) is 12.0. The van der Waals surface area contributed by atoms with Gasteiger partial charge in [0.25, 0.3) is 0 Å². The summed E-state index contributed by atoms with van der Waals surface area (Å²) in [5, 5.41) is 0.428. The first-order chi connectivity index (χ1) is 13.0. The summed E-state index contributed by atoms with van der Waals surface area (Å²) < 4.78 is 25.6. The largest absolute Gasteiger partial charge is 0.497 e. The van der Waals surface area contributed by atoms with Crippen molar-refractivity contribution in [3.05, 3.63) is 41.2 Å². The van der Waals surface area contributed by atoms with Crippen LogP contribution in [0.2, 0.25) is 0 Å². The van der Waals surface area contributed by atoms with Gasteiger partial charge in [-0.05, 0) is 26.0 Å². The Hall–Kier alpha value is -2.85. The summed E-state index contributed by atoms with van der Waals surface area (Å²) in [6.07, 6.45) is 7.25. The van der Waals surface area contributed by atoms with Gasteiger partial charge in [0.05, 0.1) is 54.0 Å². The summed E-state index contributed by atoms with van der Waals surface area (Å²) in [5.74, 6) is 4.29. The maximum Gasteiger partial charge on any atom is 0.201 e. The van der Waals surface area contributed by atoms with Crippen LogP contribution in [0.1, 0.15) is 16.8 Å². The maximum absolute atomic E-state index is 13.1. The second-order valence-electron chi connectivity index (χ2n) is 6.08. The molecule has 3 rings (SSSR count). The van der Waals surface area contributed by atoms with Crippen LogP contribution in [0.15, 0.2) is 29.6 Å². The third kappa shape index (κ3) is 3.53. The van der Waals surface area contributed by atoms with Crippen molar-refractivity contribution in [2.75, 3.05) is 14.2 Å². The Kier molecular flexibility index (Phi) is 5.47. The van der Waals surface area contributed by atoms with Gasteiger partial charge in [0.15, 0.2) is 0 Å². The fourth-order valence-corrected chi connectivity index (χ4v) is 4.32. The van der Waals surface area contributed by atoms with Crippen molar-refractivity contribution >= 4 is 21.8 Å². The third-order valence-corrected chi connectivity index (χ3v) is 5.65. The molecule has 0 spiro atoms. The second-order valence-corrected chi connectivity index (χ2v) is 7.42. The van der Waals surface area contributed by atoms with Crippen LogP contribution in [0.5, 0.6) is 11.5 Å². The van der Waals surface area contributed by atoms with Gasteiger partial charge >= 0.3 is 0 Å². The van der Waals surface area contributed by atoms with Crippen LogP contribution in [0.3, 0.4) is 0 Å². The molecular weight excluding hydrogens is 362 g/mol. The van der Waals surface area contributed by atoms with Crippen LogP contribution >= 0.6 is 0 Å². The summed E-state index contributed by atoms with van der Waals surface area (Å²) in [4.78, 5) is 8.99. The summed E-state index contributed by atoms with van der Waals surface area (Å²) >= 11 is 0. The fraction of sp³-hybridized carbons (Fsp3) is 0.300. The number of aromatic nitrogens is 3. The highest BCUT2D eigenvalue weighted by Gasteiger charge is 2.19. The van der Waals surface area contributed by atoms with Crippen molar-refractivity contribution in [3.63, 3.8) is 0 Å². The average Bonchev–Trinajstić information content (AvgIpc) is 3.02.